The lowest BCUT2D eigenvalue weighted by Gasteiger charge is -2.37. The second-order valence-corrected chi connectivity index (χ2v) is 9.17. The highest BCUT2D eigenvalue weighted by molar-refractivity contribution is 7.79. The molecule has 2 aliphatic rings. The fourth-order valence-electron chi connectivity index (χ4n) is 4.19. The number of aromatic nitrogens is 3. The van der Waals surface area contributed by atoms with Gasteiger partial charge in [-0.05, 0) is 37.1 Å². The van der Waals surface area contributed by atoms with Gasteiger partial charge in [0.25, 0.3) is 0 Å². The minimum atomic E-state index is -4.67. The monoisotopic (exact) mass is 526 g/mol. The van der Waals surface area contributed by atoms with E-state index >= 15 is 0 Å². The van der Waals surface area contributed by atoms with Crippen LogP contribution in [-0.4, -0.2) is 75.9 Å². The Balaban J connectivity index is 0.000000556. The molecule has 194 valence electrons. The van der Waals surface area contributed by atoms with E-state index in [1.54, 1.807) is 35.0 Å². The lowest BCUT2D eigenvalue weighted by molar-refractivity contribution is -0.00465. The van der Waals surface area contributed by atoms with E-state index in [9.17, 15) is 13.6 Å². The van der Waals surface area contributed by atoms with Crippen molar-refractivity contribution in [3.8, 4) is 0 Å². The van der Waals surface area contributed by atoms with Crippen LogP contribution in [0.5, 0.6) is 0 Å². The van der Waals surface area contributed by atoms with Crippen LogP contribution in [0.4, 0.5) is 25.1 Å². The molecule has 4 heterocycles. The summed E-state index contributed by atoms with van der Waals surface area (Å²) in [5.74, 6) is -0.271. The maximum Gasteiger partial charge on any atom is 0.394 e. The molecule has 0 aliphatic carbocycles. The zero-order valence-electron chi connectivity index (χ0n) is 19.1. The van der Waals surface area contributed by atoms with Crippen LogP contribution in [0.1, 0.15) is 24.4 Å². The first-order chi connectivity index (χ1) is 17.0. The van der Waals surface area contributed by atoms with Crippen LogP contribution in [0, 0.1) is 11.6 Å². The molecule has 3 N–H and O–H groups in total. The number of carbonyl (C=O) groups excluding carboxylic acids is 1. The van der Waals surface area contributed by atoms with Crippen LogP contribution in [0.15, 0.2) is 36.7 Å². The van der Waals surface area contributed by atoms with E-state index in [1.807, 2.05) is 4.90 Å². The minimum Gasteiger partial charge on any atom is -0.378 e. The predicted molar refractivity (Wildman–Crippen MR) is 124 cm³/mol. The molecule has 15 heteroatoms. The number of hydrogen-bond acceptors (Lipinski definition) is 7. The van der Waals surface area contributed by atoms with Gasteiger partial charge in [-0.15, -0.1) is 0 Å². The summed E-state index contributed by atoms with van der Waals surface area (Å²) in [4.78, 5) is 20.7. The molecule has 0 radical (unpaired) electrons. The molecule has 0 saturated carbocycles. The number of fused-ring (bicyclic) bond motifs is 1. The molecule has 1 unspecified atom stereocenters. The first-order valence-electron chi connectivity index (χ1n) is 10.9. The maximum atomic E-state index is 14.4. The molecule has 0 bridgehead atoms. The Morgan fingerprint density at radius 1 is 1.22 bits per heavy atom. The van der Waals surface area contributed by atoms with Gasteiger partial charge in [0.05, 0.1) is 31.4 Å². The molecule has 0 spiro atoms. The molecule has 2 saturated heterocycles. The van der Waals surface area contributed by atoms with E-state index in [0.717, 1.165) is 18.6 Å². The number of carbonyl (C=O) groups is 1. The smallest absolute Gasteiger partial charge is 0.378 e. The van der Waals surface area contributed by atoms with Gasteiger partial charge in [-0.25, -0.2) is 23.1 Å². The standard InChI is InChI=1S/C21H22F2N6O2.H2O4S/c1-31-14-11-27(12-14)21(30)25-17-10-24-29-8-6-19(26-20(17)29)28-7-2-3-18(28)15-9-13(22)4-5-16(15)23;1-5(2,3)4/h4-6,8-10,14,18H,2-3,7,11-12H2,1H3,(H,25,30);(H2,1,2,3,4). The van der Waals surface area contributed by atoms with Crippen molar-refractivity contribution in [3.05, 3.63) is 53.9 Å². The van der Waals surface area contributed by atoms with Gasteiger partial charge in [-0.2, -0.15) is 13.5 Å². The zero-order valence-corrected chi connectivity index (χ0v) is 19.9. The van der Waals surface area contributed by atoms with E-state index in [0.29, 0.717) is 48.8 Å². The molecular weight excluding hydrogens is 502 g/mol. The number of nitrogens with one attached hydrogen (secondary N) is 1. The number of hydrogen-bond donors (Lipinski definition) is 3. The molecule has 1 atom stereocenters. The van der Waals surface area contributed by atoms with Gasteiger partial charge in [0.15, 0.2) is 5.65 Å². The normalized spacial score (nSPS) is 18.1. The third-order valence-electron chi connectivity index (χ3n) is 5.93. The number of methoxy groups -OCH3 is 1. The lowest BCUT2D eigenvalue weighted by atomic mass is 10.0. The number of anilines is 2. The number of rotatable bonds is 4. The van der Waals surface area contributed by atoms with E-state index < -0.39 is 22.0 Å². The summed E-state index contributed by atoms with van der Waals surface area (Å²) in [6, 6.07) is 4.78. The summed E-state index contributed by atoms with van der Waals surface area (Å²) in [5.41, 5.74) is 1.30. The first-order valence-corrected chi connectivity index (χ1v) is 12.3. The number of likely N-dealkylation sites (tertiary alicyclic amines) is 1. The fraction of sp³-hybridized carbons (Fsp3) is 0.381. The van der Waals surface area contributed by atoms with Gasteiger partial charge in [-0.3, -0.25) is 9.11 Å². The van der Waals surface area contributed by atoms with Gasteiger partial charge in [-0.1, -0.05) is 0 Å². The van der Waals surface area contributed by atoms with Crippen molar-refractivity contribution in [1.29, 1.82) is 0 Å². The van der Waals surface area contributed by atoms with E-state index in [1.165, 1.54) is 6.07 Å². The van der Waals surface area contributed by atoms with Crippen LogP contribution in [0.25, 0.3) is 5.65 Å². The quantitative estimate of drug-likeness (QED) is 0.436. The molecule has 5 rings (SSSR count). The lowest BCUT2D eigenvalue weighted by Crippen LogP contribution is -2.55. The maximum absolute atomic E-state index is 14.4. The summed E-state index contributed by atoms with van der Waals surface area (Å²) in [7, 11) is -3.04. The van der Waals surface area contributed by atoms with Crippen LogP contribution < -0.4 is 10.2 Å². The highest BCUT2D eigenvalue weighted by Gasteiger charge is 2.32. The van der Waals surface area contributed by atoms with E-state index in [4.69, 9.17) is 22.3 Å². The van der Waals surface area contributed by atoms with Gasteiger partial charge in [0.1, 0.15) is 23.1 Å². The van der Waals surface area contributed by atoms with Crippen molar-refractivity contribution >= 4 is 33.6 Å². The number of benzene rings is 1. The highest BCUT2D eigenvalue weighted by Crippen LogP contribution is 2.37. The number of ether oxygens (including phenoxy) is 1. The average Bonchev–Trinajstić information content (AvgIpc) is 3.41. The molecule has 3 aromatic rings. The van der Waals surface area contributed by atoms with Gasteiger partial charge in [0.2, 0.25) is 0 Å². The van der Waals surface area contributed by atoms with Crippen LogP contribution in [-0.2, 0) is 15.1 Å². The van der Waals surface area contributed by atoms with Crippen LogP contribution in [0.2, 0.25) is 0 Å². The topological polar surface area (TPSA) is 150 Å². The molecule has 2 fully saturated rings. The molecule has 36 heavy (non-hydrogen) atoms. The van der Waals surface area contributed by atoms with Crippen LogP contribution >= 0.6 is 0 Å². The zero-order chi connectivity index (χ0) is 26.0. The average molecular weight is 527 g/mol. The predicted octanol–water partition coefficient (Wildman–Crippen LogP) is 2.56. The first kappa shape index (κ1) is 25.7. The summed E-state index contributed by atoms with van der Waals surface area (Å²) < 4.78 is 66.5. The second-order valence-electron chi connectivity index (χ2n) is 8.27. The Hall–Kier alpha value is -3.40. The number of nitrogens with zero attached hydrogens (tertiary/aromatic N) is 5. The third kappa shape index (κ3) is 5.87. The molecular formula is C21H24F2N6O6S. The van der Waals surface area contributed by atoms with E-state index in [-0.39, 0.29) is 18.2 Å². The van der Waals surface area contributed by atoms with Gasteiger partial charge >= 0.3 is 16.4 Å². The molecule has 12 nitrogen and oxygen atoms in total. The Morgan fingerprint density at radius 2 is 1.94 bits per heavy atom. The Labute approximate surface area is 205 Å². The SMILES string of the molecule is COC1CN(C(=O)Nc2cnn3ccc(N4CCCC4c4cc(F)ccc4F)nc23)C1.O=S(=O)(O)O. The number of halogens is 2. The second kappa shape index (κ2) is 10.3. The van der Waals surface area contributed by atoms with Gasteiger partial charge < -0.3 is 19.9 Å². The molecule has 2 amide bonds. The molecule has 2 aromatic heterocycles. The Kier molecular flexibility index (Phi) is 7.35. The largest absolute Gasteiger partial charge is 0.394 e. The summed E-state index contributed by atoms with van der Waals surface area (Å²) >= 11 is 0. The fourth-order valence-corrected chi connectivity index (χ4v) is 4.19. The Bertz CT molecular complexity index is 1360. The third-order valence-corrected chi connectivity index (χ3v) is 5.93. The van der Waals surface area contributed by atoms with Crippen molar-refractivity contribution in [3.63, 3.8) is 0 Å². The molecule has 2 aliphatic heterocycles. The van der Waals surface area contributed by atoms with Crippen molar-refractivity contribution in [2.24, 2.45) is 0 Å². The summed E-state index contributed by atoms with van der Waals surface area (Å²) in [5, 5.41) is 7.09. The highest BCUT2D eigenvalue weighted by atomic mass is 32.3. The van der Waals surface area contributed by atoms with Crippen molar-refractivity contribution < 1.29 is 35.8 Å². The summed E-state index contributed by atoms with van der Waals surface area (Å²) in [6.07, 6.45) is 4.90. The van der Waals surface area contributed by atoms with Crippen LogP contribution in [0.3, 0.4) is 0 Å². The number of amides is 2. The Morgan fingerprint density at radius 3 is 2.64 bits per heavy atom. The van der Waals surface area contributed by atoms with Crippen molar-refractivity contribution in [2.75, 3.05) is 37.0 Å². The number of urea groups is 1. The van der Waals surface area contributed by atoms with Crippen molar-refractivity contribution in [2.45, 2.75) is 25.0 Å². The minimum absolute atomic E-state index is 0.0645. The summed E-state index contributed by atoms with van der Waals surface area (Å²) in [6.45, 7) is 1.75. The van der Waals surface area contributed by atoms with Gasteiger partial charge in [0, 0.05) is 25.4 Å². The molecule has 1 aromatic carbocycles. The van der Waals surface area contributed by atoms with E-state index in [2.05, 4.69) is 15.4 Å². The van der Waals surface area contributed by atoms with Crippen molar-refractivity contribution in [1.82, 2.24) is 19.5 Å².